The minimum Gasteiger partial charge on any atom is -0.481 e. The molecule has 0 aliphatic heterocycles. The maximum absolute atomic E-state index is 12.8. The fraction of sp³-hybridized carbons (Fsp3) is 0.400. The van der Waals surface area contributed by atoms with E-state index in [0.717, 1.165) is 0 Å². The van der Waals surface area contributed by atoms with Crippen LogP contribution in [0.3, 0.4) is 0 Å². The molecule has 0 atom stereocenters. The van der Waals surface area contributed by atoms with Gasteiger partial charge in [-0.3, -0.25) is 0 Å². The highest BCUT2D eigenvalue weighted by Crippen LogP contribution is 2.33. The predicted octanol–water partition coefficient (Wildman–Crippen LogP) is 2.10. The van der Waals surface area contributed by atoms with Crippen molar-refractivity contribution < 1.29 is 18.3 Å². The Morgan fingerprint density at radius 1 is 1.44 bits per heavy atom. The molecule has 16 heavy (non-hydrogen) atoms. The Bertz CT molecular complexity index is 416. The lowest BCUT2D eigenvalue weighted by Crippen LogP contribution is -2.03. The third kappa shape index (κ3) is 2.37. The van der Waals surface area contributed by atoms with Crippen LogP contribution in [0.1, 0.15) is 17.6 Å². The quantitative estimate of drug-likeness (QED) is 0.791. The van der Waals surface area contributed by atoms with Gasteiger partial charge in [0.1, 0.15) is 0 Å². The zero-order valence-electron chi connectivity index (χ0n) is 8.83. The summed E-state index contributed by atoms with van der Waals surface area (Å²) in [4.78, 5) is 3.74. The standard InChI is InChI=1S/C10H10F2N2O2/c1-15-7-5-6(3-4-13)8(9(11)12)10(14-7)16-2/h5,9H,3H2,1-2H3. The third-order valence-corrected chi connectivity index (χ3v) is 1.98. The lowest BCUT2D eigenvalue weighted by atomic mass is 10.1. The second-order valence-electron chi connectivity index (χ2n) is 2.88. The van der Waals surface area contributed by atoms with Gasteiger partial charge in [-0.05, 0) is 5.56 Å². The fourth-order valence-electron chi connectivity index (χ4n) is 1.28. The van der Waals surface area contributed by atoms with Crippen molar-refractivity contribution in [2.45, 2.75) is 12.8 Å². The van der Waals surface area contributed by atoms with Crippen LogP contribution in [-0.2, 0) is 6.42 Å². The molecule has 86 valence electrons. The highest BCUT2D eigenvalue weighted by atomic mass is 19.3. The number of pyridine rings is 1. The average molecular weight is 228 g/mol. The van der Waals surface area contributed by atoms with Gasteiger partial charge in [0.05, 0.1) is 32.3 Å². The molecule has 4 nitrogen and oxygen atoms in total. The van der Waals surface area contributed by atoms with Gasteiger partial charge in [-0.1, -0.05) is 0 Å². The molecule has 0 bridgehead atoms. The second kappa shape index (κ2) is 5.26. The van der Waals surface area contributed by atoms with Crippen LogP contribution in [0.15, 0.2) is 6.07 Å². The van der Waals surface area contributed by atoms with Crippen LogP contribution in [0, 0.1) is 11.3 Å². The summed E-state index contributed by atoms with van der Waals surface area (Å²) < 4.78 is 35.1. The first kappa shape index (κ1) is 12.2. The van der Waals surface area contributed by atoms with Crippen molar-refractivity contribution in [3.05, 3.63) is 17.2 Å². The van der Waals surface area contributed by atoms with Crippen LogP contribution in [0.5, 0.6) is 11.8 Å². The maximum atomic E-state index is 12.8. The number of nitriles is 1. The second-order valence-corrected chi connectivity index (χ2v) is 2.88. The average Bonchev–Trinajstić information content (AvgIpc) is 2.27. The van der Waals surface area contributed by atoms with Gasteiger partial charge in [-0.2, -0.15) is 10.2 Å². The first-order valence-corrected chi connectivity index (χ1v) is 4.41. The van der Waals surface area contributed by atoms with Crippen LogP contribution in [-0.4, -0.2) is 19.2 Å². The number of methoxy groups -OCH3 is 2. The smallest absolute Gasteiger partial charge is 0.269 e. The molecule has 0 aliphatic carbocycles. The molecule has 0 radical (unpaired) electrons. The Morgan fingerprint density at radius 3 is 2.56 bits per heavy atom. The summed E-state index contributed by atoms with van der Waals surface area (Å²) in [5.74, 6) is -0.0638. The number of hydrogen-bond acceptors (Lipinski definition) is 4. The molecule has 0 spiro atoms. The number of nitrogens with zero attached hydrogens (tertiary/aromatic N) is 2. The van der Waals surface area contributed by atoms with Crippen molar-refractivity contribution in [1.29, 1.82) is 5.26 Å². The number of hydrogen-bond donors (Lipinski definition) is 0. The summed E-state index contributed by atoms with van der Waals surface area (Å²) in [5.41, 5.74) is -0.189. The van der Waals surface area contributed by atoms with Gasteiger partial charge in [0.15, 0.2) is 0 Å². The Balaban J connectivity index is 3.36. The minimum atomic E-state index is -2.74. The van der Waals surface area contributed by atoms with Crippen LogP contribution < -0.4 is 9.47 Å². The lowest BCUT2D eigenvalue weighted by molar-refractivity contribution is 0.144. The van der Waals surface area contributed by atoms with E-state index < -0.39 is 6.43 Å². The van der Waals surface area contributed by atoms with Crippen LogP contribution in [0.4, 0.5) is 8.78 Å². The highest BCUT2D eigenvalue weighted by molar-refractivity contribution is 5.41. The SMILES string of the molecule is COc1cc(CC#N)c(C(F)F)c(OC)n1. The van der Waals surface area contributed by atoms with Gasteiger partial charge < -0.3 is 9.47 Å². The molecule has 0 N–H and O–H groups in total. The molecule has 0 aliphatic rings. The first-order valence-electron chi connectivity index (χ1n) is 4.41. The molecule has 1 aromatic heterocycles. The zero-order chi connectivity index (χ0) is 12.1. The summed E-state index contributed by atoms with van der Waals surface area (Å²) in [6.45, 7) is 0. The van der Waals surface area contributed by atoms with E-state index in [2.05, 4.69) is 4.98 Å². The molecule has 1 heterocycles. The Hall–Kier alpha value is -1.90. The molecule has 0 saturated heterocycles. The normalized spacial score (nSPS) is 10.0. The lowest BCUT2D eigenvalue weighted by Gasteiger charge is -2.12. The van der Waals surface area contributed by atoms with Crippen LogP contribution in [0.25, 0.3) is 0 Å². The first-order chi connectivity index (χ1) is 7.63. The van der Waals surface area contributed by atoms with Crippen molar-refractivity contribution in [3.8, 4) is 17.8 Å². The van der Waals surface area contributed by atoms with Crippen molar-refractivity contribution >= 4 is 0 Å². The number of alkyl halides is 2. The minimum absolute atomic E-state index is 0.144. The molecule has 0 fully saturated rings. The Morgan fingerprint density at radius 2 is 2.12 bits per heavy atom. The molecule has 0 unspecified atom stereocenters. The Kier molecular flexibility index (Phi) is 4.00. The van der Waals surface area contributed by atoms with Gasteiger partial charge in [-0.15, -0.1) is 0 Å². The predicted molar refractivity (Wildman–Crippen MR) is 51.6 cm³/mol. The van der Waals surface area contributed by atoms with Crippen molar-refractivity contribution in [3.63, 3.8) is 0 Å². The molecule has 1 rings (SSSR count). The van der Waals surface area contributed by atoms with E-state index in [9.17, 15) is 8.78 Å². The van der Waals surface area contributed by atoms with E-state index in [4.69, 9.17) is 14.7 Å². The summed E-state index contributed by atoms with van der Waals surface area (Å²) in [7, 11) is 2.60. The molecule has 1 aromatic rings. The van der Waals surface area contributed by atoms with Crippen molar-refractivity contribution in [2.24, 2.45) is 0 Å². The van der Waals surface area contributed by atoms with Crippen LogP contribution >= 0.6 is 0 Å². The van der Waals surface area contributed by atoms with E-state index >= 15 is 0 Å². The van der Waals surface area contributed by atoms with E-state index in [-0.39, 0.29) is 29.3 Å². The van der Waals surface area contributed by atoms with Gasteiger partial charge in [-0.25, -0.2) is 8.78 Å². The Labute approximate surface area is 91.4 Å². The molecule has 0 amide bonds. The number of ether oxygens (including phenoxy) is 2. The molecule has 6 heteroatoms. The van der Waals surface area contributed by atoms with Crippen molar-refractivity contribution in [2.75, 3.05) is 14.2 Å². The summed E-state index contributed by atoms with van der Waals surface area (Å²) in [5, 5.41) is 8.56. The van der Waals surface area contributed by atoms with E-state index in [1.165, 1.54) is 20.3 Å². The summed E-state index contributed by atoms with van der Waals surface area (Å²) in [6, 6.07) is 3.12. The van der Waals surface area contributed by atoms with Gasteiger partial charge in [0.25, 0.3) is 6.43 Å². The fourth-order valence-corrected chi connectivity index (χ4v) is 1.28. The van der Waals surface area contributed by atoms with Gasteiger partial charge >= 0.3 is 0 Å². The van der Waals surface area contributed by atoms with E-state index in [1.54, 1.807) is 0 Å². The topological polar surface area (TPSA) is 55.1 Å². The van der Waals surface area contributed by atoms with Crippen LogP contribution in [0.2, 0.25) is 0 Å². The largest absolute Gasteiger partial charge is 0.481 e. The molecule has 0 saturated carbocycles. The van der Waals surface area contributed by atoms with Crippen molar-refractivity contribution in [1.82, 2.24) is 4.98 Å². The highest BCUT2D eigenvalue weighted by Gasteiger charge is 2.21. The number of aromatic nitrogens is 1. The number of halogens is 2. The van der Waals surface area contributed by atoms with Gasteiger partial charge in [0, 0.05) is 6.07 Å². The zero-order valence-corrected chi connectivity index (χ0v) is 8.83. The summed E-state index contributed by atoms with van der Waals surface area (Å²) >= 11 is 0. The summed E-state index contributed by atoms with van der Waals surface area (Å²) in [6.07, 6.45) is -2.88. The monoisotopic (exact) mass is 228 g/mol. The maximum Gasteiger partial charge on any atom is 0.269 e. The van der Waals surface area contributed by atoms with E-state index in [0.29, 0.717) is 0 Å². The van der Waals surface area contributed by atoms with Gasteiger partial charge in [0.2, 0.25) is 11.8 Å². The molecular formula is C10H10F2N2O2. The number of rotatable bonds is 4. The third-order valence-electron chi connectivity index (χ3n) is 1.98. The van der Waals surface area contributed by atoms with E-state index in [1.807, 2.05) is 6.07 Å². The molecule has 0 aromatic carbocycles. The molecular weight excluding hydrogens is 218 g/mol.